The van der Waals surface area contributed by atoms with Gasteiger partial charge in [0.15, 0.2) is 5.82 Å². The number of rotatable bonds is 2. The van der Waals surface area contributed by atoms with E-state index in [0.29, 0.717) is 6.54 Å². The smallest absolute Gasteiger partial charge is 0.205 e. The molecule has 0 unspecified atom stereocenters. The molecule has 1 atom stereocenters. The quantitative estimate of drug-likeness (QED) is 0.900. The van der Waals surface area contributed by atoms with E-state index in [0.717, 1.165) is 35.9 Å². The summed E-state index contributed by atoms with van der Waals surface area (Å²) in [6.45, 7) is 1.63. The fraction of sp³-hybridized carbons (Fsp3) is 0.385. The van der Waals surface area contributed by atoms with Crippen molar-refractivity contribution in [1.29, 1.82) is 0 Å². The van der Waals surface area contributed by atoms with Gasteiger partial charge in [-0.2, -0.15) is 9.36 Å². The maximum absolute atomic E-state index is 9.68. The Morgan fingerprint density at radius 2 is 2.11 bits per heavy atom. The lowest BCUT2D eigenvalue weighted by atomic mass is 10.1. The van der Waals surface area contributed by atoms with Crippen LogP contribution in [0.4, 0.5) is 5.13 Å². The average Bonchev–Trinajstić information content (AvgIpc) is 2.89. The van der Waals surface area contributed by atoms with Gasteiger partial charge in [-0.05, 0) is 12.8 Å². The summed E-state index contributed by atoms with van der Waals surface area (Å²) >= 11 is 1.41. The van der Waals surface area contributed by atoms with Crippen molar-refractivity contribution in [3.05, 3.63) is 30.3 Å². The van der Waals surface area contributed by atoms with Gasteiger partial charge in [-0.1, -0.05) is 30.3 Å². The summed E-state index contributed by atoms with van der Waals surface area (Å²) in [5.41, 5.74) is 1.04. The maximum Gasteiger partial charge on any atom is 0.205 e. The molecule has 4 nitrogen and oxygen atoms in total. The highest BCUT2D eigenvalue weighted by atomic mass is 32.1. The van der Waals surface area contributed by atoms with Gasteiger partial charge >= 0.3 is 0 Å². The SMILES string of the molecule is O[C@H]1CCCN(c2nc(-c3ccccc3)ns2)C1. The van der Waals surface area contributed by atoms with Crippen LogP contribution < -0.4 is 4.90 Å². The molecule has 94 valence electrons. The lowest BCUT2D eigenvalue weighted by molar-refractivity contribution is 0.154. The summed E-state index contributed by atoms with van der Waals surface area (Å²) in [4.78, 5) is 6.68. The predicted octanol–water partition coefficient (Wildman–Crippen LogP) is 2.17. The van der Waals surface area contributed by atoms with E-state index >= 15 is 0 Å². The first-order chi connectivity index (χ1) is 8.83. The molecule has 2 aromatic rings. The van der Waals surface area contributed by atoms with Crippen LogP contribution in [0.3, 0.4) is 0 Å². The number of hydrogen-bond acceptors (Lipinski definition) is 5. The Morgan fingerprint density at radius 3 is 2.89 bits per heavy atom. The number of aromatic nitrogens is 2. The molecular weight excluding hydrogens is 246 g/mol. The fourth-order valence-electron chi connectivity index (χ4n) is 2.18. The highest BCUT2D eigenvalue weighted by Gasteiger charge is 2.20. The molecule has 0 bridgehead atoms. The lowest BCUT2D eigenvalue weighted by Crippen LogP contribution is -2.38. The van der Waals surface area contributed by atoms with Crippen molar-refractivity contribution in [2.45, 2.75) is 18.9 Å². The van der Waals surface area contributed by atoms with Crippen molar-refractivity contribution >= 4 is 16.7 Å². The molecular formula is C13H15N3OS. The molecule has 1 saturated heterocycles. The number of anilines is 1. The van der Waals surface area contributed by atoms with Gasteiger partial charge in [0.05, 0.1) is 6.10 Å². The van der Waals surface area contributed by atoms with Gasteiger partial charge in [-0.25, -0.2) is 0 Å². The number of hydrogen-bond donors (Lipinski definition) is 1. The third-order valence-electron chi connectivity index (χ3n) is 3.11. The zero-order chi connectivity index (χ0) is 12.4. The van der Waals surface area contributed by atoms with Crippen LogP contribution in [0.5, 0.6) is 0 Å². The summed E-state index contributed by atoms with van der Waals surface area (Å²) in [5.74, 6) is 0.774. The van der Waals surface area contributed by atoms with Crippen LogP contribution in [-0.2, 0) is 0 Å². The Morgan fingerprint density at radius 1 is 1.28 bits per heavy atom. The monoisotopic (exact) mass is 261 g/mol. The Kier molecular flexibility index (Phi) is 3.25. The second-order valence-electron chi connectivity index (χ2n) is 4.51. The van der Waals surface area contributed by atoms with Gasteiger partial charge in [-0.3, -0.25) is 0 Å². The van der Waals surface area contributed by atoms with E-state index in [1.807, 2.05) is 30.3 Å². The molecule has 2 heterocycles. The van der Waals surface area contributed by atoms with Crippen molar-refractivity contribution in [2.24, 2.45) is 0 Å². The topological polar surface area (TPSA) is 49.2 Å². The normalized spacial score (nSPS) is 20.1. The van der Waals surface area contributed by atoms with Gasteiger partial charge in [-0.15, -0.1) is 0 Å². The van der Waals surface area contributed by atoms with Crippen LogP contribution >= 0.6 is 11.5 Å². The Bertz CT molecular complexity index is 514. The minimum atomic E-state index is -0.233. The molecule has 1 aromatic carbocycles. The molecule has 18 heavy (non-hydrogen) atoms. The minimum Gasteiger partial charge on any atom is -0.391 e. The molecule has 0 amide bonds. The van der Waals surface area contributed by atoms with Crippen molar-refractivity contribution in [1.82, 2.24) is 9.36 Å². The summed E-state index contributed by atoms with van der Waals surface area (Å²) < 4.78 is 4.39. The first kappa shape index (κ1) is 11.6. The van der Waals surface area contributed by atoms with E-state index in [-0.39, 0.29) is 6.10 Å². The maximum atomic E-state index is 9.68. The second-order valence-corrected chi connectivity index (χ2v) is 5.24. The van der Waals surface area contributed by atoms with E-state index in [4.69, 9.17) is 0 Å². The van der Waals surface area contributed by atoms with Crippen LogP contribution in [0.1, 0.15) is 12.8 Å². The molecule has 0 saturated carbocycles. The molecule has 0 aliphatic carbocycles. The average molecular weight is 261 g/mol. The van der Waals surface area contributed by atoms with Crippen LogP contribution in [0.2, 0.25) is 0 Å². The number of β-amino-alcohol motifs (C(OH)–C–C–N with tert-alkyl or cyclic N) is 1. The summed E-state index contributed by atoms with van der Waals surface area (Å²) in [7, 11) is 0. The third-order valence-corrected chi connectivity index (χ3v) is 3.89. The third kappa shape index (κ3) is 2.37. The van der Waals surface area contributed by atoms with Crippen molar-refractivity contribution in [3.63, 3.8) is 0 Å². The van der Waals surface area contributed by atoms with E-state index in [9.17, 15) is 5.11 Å². The molecule has 5 heteroatoms. The van der Waals surface area contributed by atoms with Crippen LogP contribution in [0.25, 0.3) is 11.4 Å². The van der Waals surface area contributed by atoms with Gasteiger partial charge in [0.25, 0.3) is 0 Å². The Labute approximate surface area is 110 Å². The molecule has 1 aromatic heterocycles. The molecule has 1 aliphatic heterocycles. The Hall–Kier alpha value is -1.46. The number of aliphatic hydroxyl groups excluding tert-OH is 1. The van der Waals surface area contributed by atoms with E-state index in [2.05, 4.69) is 14.3 Å². The van der Waals surface area contributed by atoms with Gasteiger partial charge < -0.3 is 10.0 Å². The minimum absolute atomic E-state index is 0.233. The standard InChI is InChI=1S/C13H15N3OS/c17-11-7-4-8-16(9-11)13-14-12(15-18-13)10-5-2-1-3-6-10/h1-3,5-6,11,17H,4,7-9H2/t11-/m0/s1. The lowest BCUT2D eigenvalue weighted by Gasteiger charge is -2.29. The number of piperidine rings is 1. The molecule has 1 aliphatic rings. The molecule has 0 spiro atoms. The largest absolute Gasteiger partial charge is 0.391 e. The zero-order valence-corrected chi connectivity index (χ0v) is 10.8. The van der Waals surface area contributed by atoms with Gasteiger partial charge in [0.2, 0.25) is 5.13 Å². The predicted molar refractivity (Wildman–Crippen MR) is 72.8 cm³/mol. The number of benzene rings is 1. The Balaban J connectivity index is 1.81. The fourth-order valence-corrected chi connectivity index (χ4v) is 2.90. The van der Waals surface area contributed by atoms with Gasteiger partial charge in [0, 0.05) is 30.2 Å². The van der Waals surface area contributed by atoms with E-state index in [1.165, 1.54) is 11.5 Å². The number of aliphatic hydroxyl groups is 1. The van der Waals surface area contributed by atoms with Crippen LogP contribution in [0, 0.1) is 0 Å². The number of nitrogens with zero attached hydrogens (tertiary/aromatic N) is 3. The van der Waals surface area contributed by atoms with E-state index in [1.54, 1.807) is 0 Å². The van der Waals surface area contributed by atoms with Crippen molar-refractivity contribution < 1.29 is 5.11 Å². The van der Waals surface area contributed by atoms with Crippen LogP contribution in [-0.4, -0.2) is 33.7 Å². The van der Waals surface area contributed by atoms with Crippen molar-refractivity contribution in [3.8, 4) is 11.4 Å². The van der Waals surface area contributed by atoms with Gasteiger partial charge in [0.1, 0.15) is 0 Å². The highest BCUT2D eigenvalue weighted by molar-refractivity contribution is 7.09. The summed E-state index contributed by atoms with van der Waals surface area (Å²) in [5, 5.41) is 10.6. The van der Waals surface area contributed by atoms with Crippen molar-refractivity contribution in [2.75, 3.05) is 18.0 Å². The molecule has 0 radical (unpaired) electrons. The van der Waals surface area contributed by atoms with E-state index < -0.39 is 0 Å². The molecule has 3 rings (SSSR count). The zero-order valence-electron chi connectivity index (χ0n) is 9.99. The molecule has 1 fully saturated rings. The highest BCUT2D eigenvalue weighted by Crippen LogP contribution is 2.26. The first-order valence-corrected chi connectivity index (χ1v) is 6.92. The molecule has 1 N–H and O–H groups in total. The second kappa shape index (κ2) is 5.04. The first-order valence-electron chi connectivity index (χ1n) is 6.15. The summed E-state index contributed by atoms with van der Waals surface area (Å²) in [6, 6.07) is 9.98. The summed E-state index contributed by atoms with van der Waals surface area (Å²) in [6.07, 6.45) is 1.67. The van der Waals surface area contributed by atoms with Crippen LogP contribution in [0.15, 0.2) is 30.3 Å².